The third kappa shape index (κ3) is 6.53. The lowest BCUT2D eigenvalue weighted by molar-refractivity contribution is 0.247. The zero-order chi connectivity index (χ0) is 21.7. The van der Waals surface area contributed by atoms with Crippen LogP contribution in [0.2, 0.25) is 5.02 Å². The number of rotatable bonds is 7. The molecule has 8 nitrogen and oxygen atoms in total. The van der Waals surface area contributed by atoms with Crippen LogP contribution >= 0.6 is 11.6 Å². The zero-order valence-electron chi connectivity index (χ0n) is 15.8. The fourth-order valence-corrected chi connectivity index (χ4v) is 3.31. The Hall–Kier alpha value is -2.98. The van der Waals surface area contributed by atoms with E-state index in [-0.39, 0.29) is 11.7 Å². The lowest BCUT2D eigenvalue weighted by atomic mass is 10.1. The Bertz CT molecular complexity index is 1120. The van der Waals surface area contributed by atoms with E-state index in [1.165, 1.54) is 24.3 Å². The lowest BCUT2D eigenvalue weighted by Crippen LogP contribution is -2.34. The Morgan fingerprint density at radius 3 is 2.47 bits per heavy atom. The fourth-order valence-electron chi connectivity index (χ4n) is 2.61. The maximum atomic E-state index is 13.0. The molecule has 0 aliphatic rings. The molecule has 1 aromatic heterocycles. The molecule has 0 aliphatic carbocycles. The molecule has 2 amide bonds. The number of carbonyl (C=O) groups excluding carboxylic acids is 1. The number of sulfone groups is 1. The molecule has 0 spiro atoms. The largest absolute Gasteiger partial charge is 0.338 e. The summed E-state index contributed by atoms with van der Waals surface area (Å²) in [5.74, 6) is -0.783. The van der Waals surface area contributed by atoms with E-state index in [1.807, 2.05) is 0 Å². The zero-order valence-corrected chi connectivity index (χ0v) is 17.4. The summed E-state index contributed by atoms with van der Waals surface area (Å²) in [6, 6.07) is 11.0. The van der Waals surface area contributed by atoms with Crippen molar-refractivity contribution in [1.29, 1.82) is 0 Å². The quantitative estimate of drug-likeness (QED) is 0.567. The maximum Gasteiger partial charge on any atom is 0.319 e. The summed E-state index contributed by atoms with van der Waals surface area (Å²) in [5.41, 5.74) is 1.23. The Morgan fingerprint density at radius 1 is 1.17 bits per heavy atom. The predicted octanol–water partition coefficient (Wildman–Crippen LogP) is 3.51. The molecule has 1 heterocycles. The van der Waals surface area contributed by atoms with Crippen molar-refractivity contribution in [2.75, 3.05) is 11.6 Å². The number of benzene rings is 2. The number of carbonyl (C=O) groups is 1. The van der Waals surface area contributed by atoms with Crippen molar-refractivity contribution in [3.8, 4) is 0 Å². The molecule has 0 fully saturated rings. The topological polar surface area (TPSA) is 114 Å². The molecular formula is C19H18ClFN4O4S. The van der Waals surface area contributed by atoms with Crippen LogP contribution in [0.25, 0.3) is 0 Å². The van der Waals surface area contributed by atoms with Gasteiger partial charge in [0.05, 0.1) is 6.04 Å². The van der Waals surface area contributed by atoms with Gasteiger partial charge in [-0.05, 0) is 42.0 Å². The highest BCUT2D eigenvalue weighted by Gasteiger charge is 2.22. The minimum Gasteiger partial charge on any atom is -0.338 e. The van der Waals surface area contributed by atoms with Crippen molar-refractivity contribution in [2.45, 2.75) is 18.2 Å². The second kappa shape index (κ2) is 9.23. The van der Waals surface area contributed by atoms with E-state index in [4.69, 9.17) is 16.1 Å². The van der Waals surface area contributed by atoms with Gasteiger partial charge in [-0.15, -0.1) is 0 Å². The van der Waals surface area contributed by atoms with Gasteiger partial charge < -0.3 is 15.2 Å². The first-order chi connectivity index (χ1) is 14.2. The molecule has 11 heteroatoms. The smallest absolute Gasteiger partial charge is 0.319 e. The monoisotopic (exact) mass is 452 g/mol. The van der Waals surface area contributed by atoms with Crippen LogP contribution in [0.1, 0.15) is 23.3 Å². The Morgan fingerprint density at radius 2 is 1.83 bits per heavy atom. The third-order valence-electron chi connectivity index (χ3n) is 3.94. The molecule has 3 aromatic rings. The first-order valence-corrected chi connectivity index (χ1v) is 11.2. The van der Waals surface area contributed by atoms with Crippen LogP contribution in [-0.4, -0.2) is 30.8 Å². The Labute approximate surface area is 177 Å². The van der Waals surface area contributed by atoms with E-state index in [0.717, 1.165) is 11.8 Å². The maximum absolute atomic E-state index is 13.0. The number of hydrogen-bond acceptors (Lipinski definition) is 6. The number of urea groups is 1. The fraction of sp³-hybridized carbons (Fsp3) is 0.211. The van der Waals surface area contributed by atoms with Gasteiger partial charge in [-0.1, -0.05) is 28.9 Å². The van der Waals surface area contributed by atoms with Gasteiger partial charge in [0.15, 0.2) is 15.7 Å². The SMILES string of the molecule is CS(=O)(=O)Cc1nc(C(Cc2ccc(Cl)cc2)NC(=O)Nc2ccc(F)cc2)no1. The highest BCUT2D eigenvalue weighted by Crippen LogP contribution is 2.19. The summed E-state index contributed by atoms with van der Waals surface area (Å²) in [6.07, 6.45) is 1.35. The number of hydrogen-bond donors (Lipinski definition) is 2. The minimum atomic E-state index is -3.36. The molecule has 30 heavy (non-hydrogen) atoms. The number of aromatic nitrogens is 2. The minimum absolute atomic E-state index is 0.0747. The highest BCUT2D eigenvalue weighted by atomic mass is 35.5. The molecule has 158 valence electrons. The molecule has 3 rings (SSSR count). The van der Waals surface area contributed by atoms with E-state index in [9.17, 15) is 17.6 Å². The van der Waals surface area contributed by atoms with Crippen molar-refractivity contribution in [3.05, 3.63) is 76.6 Å². The number of nitrogens with zero attached hydrogens (tertiary/aromatic N) is 2. The first-order valence-electron chi connectivity index (χ1n) is 8.76. The number of anilines is 1. The summed E-state index contributed by atoms with van der Waals surface area (Å²) >= 11 is 5.91. The van der Waals surface area contributed by atoms with E-state index >= 15 is 0 Å². The van der Waals surface area contributed by atoms with E-state index in [0.29, 0.717) is 17.1 Å². The molecule has 0 saturated heterocycles. The summed E-state index contributed by atoms with van der Waals surface area (Å²) in [7, 11) is -3.36. The summed E-state index contributed by atoms with van der Waals surface area (Å²) in [5, 5.41) is 9.69. The number of halogens is 2. The standard InChI is InChI=1S/C19H18ClFN4O4S/c1-30(27,28)11-17-24-18(25-29-17)16(10-12-2-4-13(20)5-3-12)23-19(26)22-15-8-6-14(21)7-9-15/h2-9,16H,10-11H2,1H3,(H2,22,23,26). The molecule has 0 saturated carbocycles. The van der Waals surface area contributed by atoms with E-state index < -0.39 is 33.5 Å². The average Bonchev–Trinajstić information content (AvgIpc) is 3.11. The number of amides is 2. The van der Waals surface area contributed by atoms with Gasteiger partial charge >= 0.3 is 6.03 Å². The summed E-state index contributed by atoms with van der Waals surface area (Å²) in [4.78, 5) is 16.5. The van der Waals surface area contributed by atoms with Crippen LogP contribution in [0, 0.1) is 5.82 Å². The Balaban J connectivity index is 1.78. The highest BCUT2D eigenvalue weighted by molar-refractivity contribution is 7.89. The van der Waals surface area contributed by atoms with Crippen LogP contribution in [0.4, 0.5) is 14.9 Å². The van der Waals surface area contributed by atoms with Gasteiger partial charge in [-0.25, -0.2) is 17.6 Å². The van der Waals surface area contributed by atoms with Crippen LogP contribution in [0.5, 0.6) is 0 Å². The van der Waals surface area contributed by atoms with Crippen LogP contribution < -0.4 is 10.6 Å². The molecule has 2 aromatic carbocycles. The predicted molar refractivity (Wildman–Crippen MR) is 109 cm³/mol. The number of nitrogens with one attached hydrogen (secondary N) is 2. The van der Waals surface area contributed by atoms with Gasteiger partial charge in [0, 0.05) is 23.4 Å². The van der Waals surface area contributed by atoms with Crippen LogP contribution in [0.15, 0.2) is 53.1 Å². The molecule has 0 radical (unpaired) electrons. The average molecular weight is 453 g/mol. The second-order valence-corrected chi connectivity index (χ2v) is 9.18. The molecule has 2 N–H and O–H groups in total. The second-order valence-electron chi connectivity index (χ2n) is 6.60. The van der Waals surface area contributed by atoms with Crippen molar-refractivity contribution in [2.24, 2.45) is 0 Å². The molecular weight excluding hydrogens is 435 g/mol. The van der Waals surface area contributed by atoms with Crippen LogP contribution in [0.3, 0.4) is 0 Å². The van der Waals surface area contributed by atoms with Crippen LogP contribution in [-0.2, 0) is 22.0 Å². The molecule has 0 bridgehead atoms. The van der Waals surface area contributed by atoms with Gasteiger partial charge in [0.25, 0.3) is 0 Å². The molecule has 1 unspecified atom stereocenters. The van der Waals surface area contributed by atoms with Gasteiger partial charge in [0.1, 0.15) is 11.6 Å². The molecule has 1 atom stereocenters. The van der Waals surface area contributed by atoms with Gasteiger partial charge in [-0.3, -0.25) is 0 Å². The van der Waals surface area contributed by atoms with E-state index in [1.54, 1.807) is 24.3 Å². The summed E-state index contributed by atoms with van der Waals surface area (Å²) in [6.45, 7) is 0. The van der Waals surface area contributed by atoms with Gasteiger partial charge in [0.2, 0.25) is 5.89 Å². The third-order valence-corrected chi connectivity index (χ3v) is 4.96. The van der Waals surface area contributed by atoms with Gasteiger partial charge in [-0.2, -0.15) is 4.98 Å². The molecule has 0 aliphatic heterocycles. The van der Waals surface area contributed by atoms with Crippen molar-refractivity contribution >= 4 is 33.2 Å². The van der Waals surface area contributed by atoms with Crippen molar-refractivity contribution < 1.29 is 22.1 Å². The first kappa shape index (κ1) is 21.7. The Kier molecular flexibility index (Phi) is 6.68. The van der Waals surface area contributed by atoms with Crippen molar-refractivity contribution in [1.82, 2.24) is 15.5 Å². The summed E-state index contributed by atoms with van der Waals surface area (Å²) < 4.78 is 41.0. The lowest BCUT2D eigenvalue weighted by Gasteiger charge is -2.16. The van der Waals surface area contributed by atoms with E-state index in [2.05, 4.69) is 20.8 Å². The van der Waals surface area contributed by atoms with Crippen molar-refractivity contribution in [3.63, 3.8) is 0 Å². The normalized spacial score (nSPS) is 12.4.